The lowest BCUT2D eigenvalue weighted by Crippen LogP contribution is -2.36. The average Bonchev–Trinajstić information content (AvgIpc) is 3.09. The van der Waals surface area contributed by atoms with E-state index >= 15 is 0 Å². The molecule has 1 aromatic carbocycles. The van der Waals surface area contributed by atoms with Gasteiger partial charge in [0, 0.05) is 30.7 Å². The standard InChI is InChI=1S/C18H19ClN6O2/c1-20-7-8-21-17(26)15-9-16(12-3-5-13(19)6-4-12)23-25(18(15)27)14-10-22-24(2)11-14/h3-6,9-11,20H,7-8H2,1-2H3,(H,21,26). The van der Waals surface area contributed by atoms with Gasteiger partial charge < -0.3 is 10.6 Å². The summed E-state index contributed by atoms with van der Waals surface area (Å²) in [7, 11) is 3.52. The lowest BCUT2D eigenvalue weighted by Gasteiger charge is -2.10. The van der Waals surface area contributed by atoms with Gasteiger partial charge >= 0.3 is 0 Å². The van der Waals surface area contributed by atoms with Gasteiger partial charge in [-0.2, -0.15) is 14.9 Å². The highest BCUT2D eigenvalue weighted by Gasteiger charge is 2.17. The van der Waals surface area contributed by atoms with Crippen LogP contribution in [-0.4, -0.2) is 45.6 Å². The Bertz CT molecular complexity index is 1010. The van der Waals surface area contributed by atoms with E-state index in [2.05, 4.69) is 20.8 Å². The van der Waals surface area contributed by atoms with Crippen molar-refractivity contribution in [1.82, 2.24) is 30.2 Å². The fourth-order valence-electron chi connectivity index (χ4n) is 2.51. The Morgan fingerprint density at radius 3 is 2.59 bits per heavy atom. The summed E-state index contributed by atoms with van der Waals surface area (Å²) in [5, 5.41) is 14.7. The van der Waals surface area contributed by atoms with Gasteiger partial charge in [-0.25, -0.2) is 0 Å². The molecular weight excluding hydrogens is 368 g/mol. The van der Waals surface area contributed by atoms with Crippen LogP contribution >= 0.6 is 11.6 Å². The van der Waals surface area contributed by atoms with Gasteiger partial charge in [0.2, 0.25) is 0 Å². The van der Waals surface area contributed by atoms with Gasteiger partial charge in [-0.15, -0.1) is 0 Å². The number of hydrogen-bond donors (Lipinski definition) is 2. The number of nitrogens with zero attached hydrogens (tertiary/aromatic N) is 4. The van der Waals surface area contributed by atoms with Crippen LogP contribution < -0.4 is 16.2 Å². The molecule has 0 radical (unpaired) electrons. The monoisotopic (exact) mass is 386 g/mol. The Morgan fingerprint density at radius 1 is 1.22 bits per heavy atom. The fourth-order valence-corrected chi connectivity index (χ4v) is 2.63. The minimum absolute atomic E-state index is 0.00917. The van der Waals surface area contributed by atoms with Crippen LogP contribution in [0, 0.1) is 0 Å². The van der Waals surface area contributed by atoms with Gasteiger partial charge in [0.05, 0.1) is 18.1 Å². The van der Waals surface area contributed by atoms with Gasteiger partial charge in [-0.1, -0.05) is 23.7 Å². The molecule has 0 bridgehead atoms. The van der Waals surface area contributed by atoms with Gasteiger partial charge in [0.1, 0.15) is 11.3 Å². The second kappa shape index (κ2) is 8.15. The maximum atomic E-state index is 12.9. The van der Waals surface area contributed by atoms with E-state index in [-0.39, 0.29) is 5.56 Å². The molecule has 0 atom stereocenters. The van der Waals surface area contributed by atoms with E-state index < -0.39 is 11.5 Å². The first kappa shape index (κ1) is 18.8. The number of carbonyl (C=O) groups is 1. The summed E-state index contributed by atoms with van der Waals surface area (Å²) < 4.78 is 2.75. The zero-order valence-electron chi connectivity index (χ0n) is 14.9. The molecule has 2 aromatic heterocycles. The number of rotatable bonds is 6. The second-order valence-corrected chi connectivity index (χ2v) is 6.34. The Hall–Kier alpha value is -2.97. The highest BCUT2D eigenvalue weighted by atomic mass is 35.5. The number of halogens is 1. The normalized spacial score (nSPS) is 10.8. The number of nitrogens with one attached hydrogen (secondary N) is 2. The average molecular weight is 387 g/mol. The van der Waals surface area contributed by atoms with Crippen LogP contribution in [0.1, 0.15) is 10.4 Å². The first-order valence-electron chi connectivity index (χ1n) is 8.31. The molecule has 3 aromatic rings. The third kappa shape index (κ3) is 4.24. The molecule has 1 amide bonds. The Labute approximate surface area is 160 Å². The molecule has 0 fully saturated rings. The number of aromatic nitrogens is 4. The van der Waals surface area contributed by atoms with E-state index in [4.69, 9.17) is 11.6 Å². The van der Waals surface area contributed by atoms with Crippen molar-refractivity contribution in [3.8, 4) is 16.9 Å². The predicted octanol–water partition coefficient (Wildman–Crippen LogP) is 1.24. The Balaban J connectivity index is 2.11. The minimum Gasteiger partial charge on any atom is -0.351 e. The zero-order valence-corrected chi connectivity index (χ0v) is 15.7. The smallest absolute Gasteiger partial charge is 0.284 e. The van der Waals surface area contributed by atoms with E-state index in [0.29, 0.717) is 29.5 Å². The molecule has 27 heavy (non-hydrogen) atoms. The summed E-state index contributed by atoms with van der Waals surface area (Å²) in [4.78, 5) is 25.4. The van der Waals surface area contributed by atoms with Crippen molar-refractivity contribution in [3.63, 3.8) is 0 Å². The Kier molecular flexibility index (Phi) is 5.68. The number of hydrogen-bond acceptors (Lipinski definition) is 5. The summed E-state index contributed by atoms with van der Waals surface area (Å²) in [6, 6.07) is 8.51. The van der Waals surface area contributed by atoms with Crippen LogP contribution in [0.3, 0.4) is 0 Å². The Morgan fingerprint density at radius 2 is 1.96 bits per heavy atom. The van der Waals surface area contributed by atoms with Crippen molar-refractivity contribution < 1.29 is 4.79 Å². The topological polar surface area (TPSA) is 93.8 Å². The summed E-state index contributed by atoms with van der Waals surface area (Å²) in [6.07, 6.45) is 3.17. The van der Waals surface area contributed by atoms with Crippen molar-refractivity contribution in [1.29, 1.82) is 0 Å². The summed E-state index contributed by atoms with van der Waals surface area (Å²) in [6.45, 7) is 0.998. The lowest BCUT2D eigenvalue weighted by molar-refractivity contribution is 0.0952. The van der Waals surface area contributed by atoms with E-state index in [1.54, 1.807) is 49.2 Å². The van der Waals surface area contributed by atoms with Crippen LogP contribution in [0.25, 0.3) is 16.9 Å². The van der Waals surface area contributed by atoms with Gasteiger partial charge in [-0.05, 0) is 25.2 Å². The van der Waals surface area contributed by atoms with Crippen molar-refractivity contribution >= 4 is 17.5 Å². The lowest BCUT2D eigenvalue weighted by atomic mass is 10.1. The third-order valence-electron chi connectivity index (χ3n) is 3.89. The second-order valence-electron chi connectivity index (χ2n) is 5.90. The predicted molar refractivity (Wildman–Crippen MR) is 103 cm³/mol. The zero-order chi connectivity index (χ0) is 19.4. The van der Waals surface area contributed by atoms with E-state index in [1.807, 2.05) is 0 Å². The highest BCUT2D eigenvalue weighted by molar-refractivity contribution is 6.30. The van der Waals surface area contributed by atoms with Gasteiger partial charge in [0.25, 0.3) is 11.5 Å². The summed E-state index contributed by atoms with van der Waals surface area (Å²) in [5.41, 5.74) is 1.19. The maximum Gasteiger partial charge on any atom is 0.284 e. The van der Waals surface area contributed by atoms with Crippen LogP contribution in [0.2, 0.25) is 5.02 Å². The molecule has 8 nitrogen and oxygen atoms in total. The van der Waals surface area contributed by atoms with Gasteiger partial charge in [0.15, 0.2) is 0 Å². The SMILES string of the molecule is CNCCNC(=O)c1cc(-c2ccc(Cl)cc2)nn(-c2cnn(C)c2)c1=O. The maximum absolute atomic E-state index is 12.9. The molecule has 0 spiro atoms. The molecule has 2 heterocycles. The number of amides is 1. The van der Waals surface area contributed by atoms with E-state index in [1.165, 1.54) is 16.9 Å². The summed E-state index contributed by atoms with van der Waals surface area (Å²) in [5.74, 6) is -0.453. The number of aryl methyl sites for hydroxylation is 1. The first-order valence-corrected chi connectivity index (χ1v) is 8.69. The van der Waals surface area contributed by atoms with Crippen molar-refractivity contribution in [2.45, 2.75) is 0 Å². The molecule has 0 saturated heterocycles. The third-order valence-corrected chi connectivity index (χ3v) is 4.14. The number of likely N-dealkylation sites (N-methyl/N-ethyl adjacent to an activating group) is 1. The minimum atomic E-state index is -0.511. The van der Waals surface area contributed by atoms with Crippen LogP contribution in [0.5, 0.6) is 0 Å². The van der Waals surface area contributed by atoms with Crippen molar-refractivity contribution in [2.75, 3.05) is 20.1 Å². The van der Waals surface area contributed by atoms with Crippen LogP contribution in [0.4, 0.5) is 0 Å². The summed E-state index contributed by atoms with van der Waals surface area (Å²) >= 11 is 5.95. The molecule has 0 saturated carbocycles. The van der Waals surface area contributed by atoms with E-state index in [0.717, 1.165) is 5.56 Å². The highest BCUT2D eigenvalue weighted by Crippen LogP contribution is 2.20. The molecule has 2 N–H and O–H groups in total. The van der Waals surface area contributed by atoms with Crippen molar-refractivity contribution in [3.05, 3.63) is 63.7 Å². The largest absolute Gasteiger partial charge is 0.351 e. The number of carbonyl (C=O) groups excluding carboxylic acids is 1. The van der Waals surface area contributed by atoms with Crippen molar-refractivity contribution in [2.24, 2.45) is 7.05 Å². The molecule has 0 aliphatic carbocycles. The quantitative estimate of drug-likeness (QED) is 0.621. The molecule has 0 aliphatic heterocycles. The molecular formula is C18H19ClN6O2. The molecule has 140 valence electrons. The van der Waals surface area contributed by atoms with Gasteiger partial charge in [-0.3, -0.25) is 14.3 Å². The molecule has 0 aliphatic rings. The van der Waals surface area contributed by atoms with Crippen LogP contribution in [-0.2, 0) is 7.05 Å². The molecule has 9 heteroatoms. The number of benzene rings is 1. The first-order chi connectivity index (χ1) is 13.0. The molecule has 3 rings (SSSR count). The molecule has 0 unspecified atom stereocenters. The van der Waals surface area contributed by atoms with Crippen LogP contribution in [0.15, 0.2) is 47.5 Å². The fraction of sp³-hybridized carbons (Fsp3) is 0.222. The van der Waals surface area contributed by atoms with E-state index in [9.17, 15) is 9.59 Å².